The van der Waals surface area contributed by atoms with Crippen LogP contribution in [0, 0.1) is 0 Å². The summed E-state index contributed by atoms with van der Waals surface area (Å²) >= 11 is 12.2. The van der Waals surface area contributed by atoms with Gasteiger partial charge in [0, 0.05) is 12.1 Å². The Balaban J connectivity index is 1.91. The van der Waals surface area contributed by atoms with E-state index in [2.05, 4.69) is 5.32 Å². The molecule has 0 atom stereocenters. The molecule has 1 aliphatic rings. The topological polar surface area (TPSA) is 43.0 Å². The van der Waals surface area contributed by atoms with Gasteiger partial charge >= 0.3 is 0 Å². The molecule has 0 fully saturated rings. The number of anilines is 1. The van der Waals surface area contributed by atoms with Gasteiger partial charge in [-0.05, 0) is 49.6 Å². The van der Waals surface area contributed by atoms with Crippen LogP contribution >= 0.6 is 23.2 Å². The van der Waals surface area contributed by atoms with Crippen LogP contribution in [0.25, 0.3) is 17.1 Å². The summed E-state index contributed by atoms with van der Waals surface area (Å²) in [6, 6.07) is 9.35. The lowest BCUT2D eigenvalue weighted by molar-refractivity contribution is 0.578. The highest BCUT2D eigenvalue weighted by atomic mass is 35.5. The van der Waals surface area contributed by atoms with Crippen molar-refractivity contribution in [3.63, 3.8) is 0 Å². The average molecular weight is 348 g/mol. The summed E-state index contributed by atoms with van der Waals surface area (Å²) in [6.07, 6.45) is 4.90. The number of halogens is 2. The molecule has 2 aromatic heterocycles. The molecule has 3 aromatic rings. The predicted octanol–water partition coefficient (Wildman–Crippen LogP) is 5.19. The van der Waals surface area contributed by atoms with Crippen molar-refractivity contribution in [2.24, 2.45) is 0 Å². The molecule has 4 rings (SSSR count). The molecule has 0 radical (unpaired) electrons. The van der Waals surface area contributed by atoms with Crippen LogP contribution in [0.15, 0.2) is 41.0 Å². The molecule has 1 aromatic carbocycles. The molecule has 6 heteroatoms. The highest BCUT2D eigenvalue weighted by molar-refractivity contribution is 6.42. The number of aromatic nitrogens is 2. The first-order valence-electron chi connectivity index (χ1n) is 7.59. The lowest BCUT2D eigenvalue weighted by Gasteiger charge is -2.10. The Morgan fingerprint density at radius 2 is 2.04 bits per heavy atom. The first-order chi connectivity index (χ1) is 11.2. The summed E-state index contributed by atoms with van der Waals surface area (Å²) in [5.41, 5.74) is 2.94. The summed E-state index contributed by atoms with van der Waals surface area (Å²) in [5.74, 6) is 1.79. The summed E-state index contributed by atoms with van der Waals surface area (Å²) in [7, 11) is 0. The Labute approximate surface area is 144 Å². The monoisotopic (exact) mass is 347 g/mol. The van der Waals surface area contributed by atoms with E-state index in [1.54, 1.807) is 12.3 Å². The molecule has 0 amide bonds. The number of furan rings is 1. The molecule has 0 spiro atoms. The van der Waals surface area contributed by atoms with Gasteiger partial charge in [-0.15, -0.1) is 0 Å². The SMILES string of the molecule is Clc1ccc(-n2nc(-c3ccco3)c3c2NCCCC3)cc1Cl. The van der Waals surface area contributed by atoms with E-state index >= 15 is 0 Å². The first-order valence-corrected chi connectivity index (χ1v) is 8.35. The number of hydrogen-bond acceptors (Lipinski definition) is 3. The van der Waals surface area contributed by atoms with Crippen LogP contribution in [0.3, 0.4) is 0 Å². The number of benzene rings is 1. The van der Waals surface area contributed by atoms with Gasteiger partial charge in [-0.2, -0.15) is 5.10 Å². The van der Waals surface area contributed by atoms with Crippen LogP contribution < -0.4 is 5.32 Å². The van der Waals surface area contributed by atoms with E-state index in [9.17, 15) is 0 Å². The minimum Gasteiger partial charge on any atom is -0.463 e. The molecule has 3 heterocycles. The van der Waals surface area contributed by atoms with Crippen molar-refractivity contribution in [1.29, 1.82) is 0 Å². The van der Waals surface area contributed by atoms with E-state index in [0.717, 1.165) is 48.8 Å². The number of rotatable bonds is 2. The fourth-order valence-electron chi connectivity index (χ4n) is 2.92. The lowest BCUT2D eigenvalue weighted by atomic mass is 10.1. The van der Waals surface area contributed by atoms with Gasteiger partial charge in [0.2, 0.25) is 0 Å². The summed E-state index contributed by atoms with van der Waals surface area (Å²) in [6.45, 7) is 0.928. The van der Waals surface area contributed by atoms with Gasteiger partial charge in [0.1, 0.15) is 11.5 Å². The molecular weight excluding hydrogens is 333 g/mol. The van der Waals surface area contributed by atoms with Crippen LogP contribution in [0.5, 0.6) is 0 Å². The first kappa shape index (κ1) is 14.7. The maximum absolute atomic E-state index is 6.17. The van der Waals surface area contributed by atoms with Crippen LogP contribution in [-0.4, -0.2) is 16.3 Å². The number of fused-ring (bicyclic) bond motifs is 1. The van der Waals surface area contributed by atoms with Crippen molar-refractivity contribution in [3.8, 4) is 17.1 Å². The Morgan fingerprint density at radius 1 is 1.13 bits per heavy atom. The largest absolute Gasteiger partial charge is 0.463 e. The third kappa shape index (κ3) is 2.62. The highest BCUT2D eigenvalue weighted by Gasteiger charge is 2.23. The molecule has 0 bridgehead atoms. The van der Waals surface area contributed by atoms with Crippen molar-refractivity contribution in [1.82, 2.24) is 9.78 Å². The van der Waals surface area contributed by atoms with Crippen LogP contribution in [0.4, 0.5) is 5.82 Å². The van der Waals surface area contributed by atoms with Crippen LogP contribution in [-0.2, 0) is 6.42 Å². The zero-order chi connectivity index (χ0) is 15.8. The Kier molecular flexibility index (Phi) is 3.79. The van der Waals surface area contributed by atoms with E-state index in [-0.39, 0.29) is 0 Å². The van der Waals surface area contributed by atoms with Gasteiger partial charge in [-0.1, -0.05) is 23.2 Å². The van der Waals surface area contributed by atoms with Gasteiger partial charge in [-0.25, -0.2) is 4.68 Å². The van der Waals surface area contributed by atoms with E-state index in [1.165, 1.54) is 5.56 Å². The van der Waals surface area contributed by atoms with Crippen molar-refractivity contribution >= 4 is 29.0 Å². The highest BCUT2D eigenvalue weighted by Crippen LogP contribution is 2.35. The zero-order valence-corrected chi connectivity index (χ0v) is 13.9. The minimum atomic E-state index is 0.515. The van der Waals surface area contributed by atoms with Crippen molar-refractivity contribution in [2.45, 2.75) is 19.3 Å². The van der Waals surface area contributed by atoms with E-state index in [0.29, 0.717) is 10.0 Å². The zero-order valence-electron chi connectivity index (χ0n) is 12.4. The molecule has 0 unspecified atom stereocenters. The maximum Gasteiger partial charge on any atom is 0.154 e. The number of hydrogen-bond donors (Lipinski definition) is 1. The molecule has 23 heavy (non-hydrogen) atoms. The molecule has 0 saturated heterocycles. The molecule has 0 saturated carbocycles. The maximum atomic E-state index is 6.17. The Bertz CT molecular complexity index is 840. The fourth-order valence-corrected chi connectivity index (χ4v) is 3.21. The van der Waals surface area contributed by atoms with Crippen molar-refractivity contribution < 1.29 is 4.42 Å². The molecule has 4 nitrogen and oxygen atoms in total. The number of nitrogens with one attached hydrogen (secondary N) is 1. The standard InChI is InChI=1S/C17H15Cl2N3O/c18-13-7-6-11(10-14(13)19)22-17-12(4-1-2-8-20-17)16(21-22)15-5-3-9-23-15/h3,5-7,9-10,20H,1-2,4,8H2. The third-order valence-electron chi connectivity index (χ3n) is 4.03. The summed E-state index contributed by atoms with van der Waals surface area (Å²) < 4.78 is 7.46. The van der Waals surface area contributed by atoms with Gasteiger partial charge in [0.15, 0.2) is 5.76 Å². The van der Waals surface area contributed by atoms with E-state index in [1.807, 2.05) is 28.9 Å². The van der Waals surface area contributed by atoms with Gasteiger partial charge in [-0.3, -0.25) is 0 Å². The molecule has 1 aliphatic heterocycles. The van der Waals surface area contributed by atoms with Gasteiger partial charge in [0.25, 0.3) is 0 Å². The lowest BCUT2D eigenvalue weighted by Crippen LogP contribution is -2.07. The number of nitrogens with zero attached hydrogens (tertiary/aromatic N) is 2. The fraction of sp³-hybridized carbons (Fsp3) is 0.235. The molecule has 118 valence electrons. The third-order valence-corrected chi connectivity index (χ3v) is 4.77. The quantitative estimate of drug-likeness (QED) is 0.693. The molecule has 0 aliphatic carbocycles. The van der Waals surface area contributed by atoms with Crippen molar-refractivity contribution in [2.75, 3.05) is 11.9 Å². The van der Waals surface area contributed by atoms with E-state index in [4.69, 9.17) is 32.7 Å². The predicted molar refractivity (Wildman–Crippen MR) is 92.7 cm³/mol. The van der Waals surface area contributed by atoms with Gasteiger partial charge < -0.3 is 9.73 Å². The van der Waals surface area contributed by atoms with Crippen LogP contribution in [0.2, 0.25) is 10.0 Å². The van der Waals surface area contributed by atoms with Gasteiger partial charge in [0.05, 0.1) is 22.0 Å². The second-order valence-corrected chi connectivity index (χ2v) is 6.36. The normalized spacial score (nSPS) is 14.2. The molecule has 1 N–H and O–H groups in total. The van der Waals surface area contributed by atoms with Crippen molar-refractivity contribution in [3.05, 3.63) is 52.2 Å². The minimum absolute atomic E-state index is 0.515. The average Bonchev–Trinajstić information content (AvgIpc) is 3.12. The van der Waals surface area contributed by atoms with Crippen LogP contribution in [0.1, 0.15) is 18.4 Å². The second-order valence-electron chi connectivity index (χ2n) is 5.55. The second kappa shape index (κ2) is 5.95. The molecular formula is C17H15Cl2N3O. The Morgan fingerprint density at radius 3 is 2.83 bits per heavy atom. The van der Waals surface area contributed by atoms with E-state index < -0.39 is 0 Å². The summed E-state index contributed by atoms with van der Waals surface area (Å²) in [4.78, 5) is 0. The summed E-state index contributed by atoms with van der Waals surface area (Å²) in [5, 5.41) is 9.32. The smallest absolute Gasteiger partial charge is 0.154 e. The Hall–Kier alpha value is -1.91.